The third-order valence-corrected chi connectivity index (χ3v) is 0.969. The van der Waals surface area contributed by atoms with Crippen molar-refractivity contribution in [3.05, 3.63) is 12.7 Å². The van der Waals surface area contributed by atoms with Crippen molar-refractivity contribution in [2.24, 2.45) is 0 Å². The molecule has 0 aliphatic heterocycles. The van der Waals surface area contributed by atoms with E-state index in [-0.39, 0.29) is 11.7 Å². The number of thiocarbonyl (C=S) groups is 1. The fourth-order valence-corrected chi connectivity index (χ4v) is 0.598. The van der Waals surface area contributed by atoms with Gasteiger partial charge in [0.2, 0.25) is 0 Å². The normalized spacial score (nSPS) is 9.67. The molecule has 0 saturated carbocycles. The molecular formula is C8H11F3O2S2. The molecule has 88 valence electrons. The van der Waals surface area contributed by atoms with E-state index in [2.05, 4.69) is 36.2 Å². The van der Waals surface area contributed by atoms with Crippen LogP contribution in [0.25, 0.3) is 0 Å². The van der Waals surface area contributed by atoms with Gasteiger partial charge in [-0.3, -0.25) is 4.79 Å². The minimum atomic E-state index is -4.28. The van der Waals surface area contributed by atoms with Crippen LogP contribution in [0.4, 0.5) is 13.2 Å². The molecule has 0 fully saturated rings. The van der Waals surface area contributed by atoms with E-state index in [1.165, 1.54) is 13.0 Å². The second-order valence-electron chi connectivity index (χ2n) is 2.28. The highest BCUT2D eigenvalue weighted by atomic mass is 32.1. The highest BCUT2D eigenvalue weighted by molar-refractivity contribution is 7.96. The maximum atomic E-state index is 11.5. The van der Waals surface area contributed by atoms with E-state index >= 15 is 0 Å². The molecule has 0 unspecified atom stereocenters. The van der Waals surface area contributed by atoms with Crippen molar-refractivity contribution >= 4 is 35.0 Å². The second-order valence-corrected chi connectivity index (χ2v) is 3.37. The predicted molar refractivity (Wildman–Crippen MR) is 59.1 cm³/mol. The zero-order valence-corrected chi connectivity index (χ0v) is 9.72. The van der Waals surface area contributed by atoms with Gasteiger partial charge in [-0.25, -0.2) is 0 Å². The number of alkyl halides is 3. The van der Waals surface area contributed by atoms with Crippen molar-refractivity contribution < 1.29 is 22.7 Å². The van der Waals surface area contributed by atoms with Gasteiger partial charge in [0.05, 0.1) is 0 Å². The smallest absolute Gasteiger partial charge is 0.396 e. The number of thiol groups is 1. The van der Waals surface area contributed by atoms with Crippen molar-refractivity contribution in [3.8, 4) is 0 Å². The summed E-state index contributed by atoms with van der Waals surface area (Å²) in [5.41, 5.74) is 0. The van der Waals surface area contributed by atoms with Crippen LogP contribution >= 0.6 is 24.8 Å². The first-order valence-corrected chi connectivity index (χ1v) is 4.57. The third-order valence-electron chi connectivity index (χ3n) is 0.707. The quantitative estimate of drug-likeness (QED) is 0.480. The zero-order chi connectivity index (χ0) is 12.5. The summed E-state index contributed by atoms with van der Waals surface area (Å²) in [6.45, 7) is 4.68. The summed E-state index contributed by atoms with van der Waals surface area (Å²) in [6, 6.07) is 0. The summed E-state index contributed by atoms with van der Waals surface area (Å²) in [5.74, 6) is 0. The molecule has 0 saturated heterocycles. The summed E-state index contributed by atoms with van der Waals surface area (Å²) in [7, 11) is 0. The lowest BCUT2D eigenvalue weighted by molar-refractivity contribution is -0.123. The van der Waals surface area contributed by atoms with Gasteiger partial charge in [-0.1, -0.05) is 12.7 Å². The summed E-state index contributed by atoms with van der Waals surface area (Å²) in [6.07, 6.45) is -4.11. The van der Waals surface area contributed by atoms with Crippen LogP contribution in [-0.2, 0) is 9.53 Å². The summed E-state index contributed by atoms with van der Waals surface area (Å²) >= 11 is 7.60. The first-order chi connectivity index (χ1) is 6.69. The van der Waals surface area contributed by atoms with Crippen LogP contribution in [0.2, 0.25) is 0 Å². The highest BCUT2D eigenvalue weighted by Crippen LogP contribution is 2.20. The van der Waals surface area contributed by atoms with Crippen LogP contribution in [0.3, 0.4) is 0 Å². The minimum absolute atomic E-state index is 0.0227. The molecule has 0 bridgehead atoms. The number of ether oxygens (including phenoxy) is 1. The van der Waals surface area contributed by atoms with Crippen LogP contribution in [0.5, 0.6) is 0 Å². The molecule has 0 rings (SSSR count). The fraction of sp³-hybridized carbons (Fsp3) is 0.500. The largest absolute Gasteiger partial charge is 0.483 e. The Morgan fingerprint density at radius 2 is 2.00 bits per heavy atom. The molecule has 2 nitrogen and oxygen atoms in total. The number of hydrogen-bond acceptors (Lipinski definition) is 3. The van der Waals surface area contributed by atoms with Gasteiger partial charge >= 0.3 is 6.18 Å². The van der Waals surface area contributed by atoms with Crippen LogP contribution in [0.15, 0.2) is 12.7 Å². The molecule has 0 aromatic heterocycles. The monoisotopic (exact) mass is 260 g/mol. The van der Waals surface area contributed by atoms with E-state index < -0.39 is 17.6 Å². The highest BCUT2D eigenvalue weighted by Gasteiger charge is 2.29. The lowest BCUT2D eigenvalue weighted by Gasteiger charge is -2.07. The number of hydrogen-bond donors (Lipinski definition) is 1. The van der Waals surface area contributed by atoms with Gasteiger partial charge in [0, 0.05) is 6.92 Å². The molecule has 0 aromatic rings. The average molecular weight is 260 g/mol. The van der Waals surface area contributed by atoms with Crippen molar-refractivity contribution in [1.82, 2.24) is 0 Å². The predicted octanol–water partition coefficient (Wildman–Crippen LogP) is 2.93. The third kappa shape index (κ3) is 24.7. The summed E-state index contributed by atoms with van der Waals surface area (Å²) < 4.78 is 39.1. The van der Waals surface area contributed by atoms with E-state index in [1.807, 2.05) is 0 Å². The molecule has 0 heterocycles. The fourth-order valence-electron chi connectivity index (χ4n) is 0.367. The Hall–Kier alpha value is -0.560. The van der Waals surface area contributed by atoms with E-state index in [0.29, 0.717) is 0 Å². The van der Waals surface area contributed by atoms with Crippen molar-refractivity contribution in [2.75, 3.05) is 6.61 Å². The first-order valence-electron chi connectivity index (χ1n) is 3.72. The molecule has 15 heavy (non-hydrogen) atoms. The Kier molecular flexibility index (Phi) is 9.80. The average Bonchev–Trinajstić information content (AvgIpc) is 1.96. The molecule has 0 N–H and O–H groups in total. The van der Waals surface area contributed by atoms with Gasteiger partial charge < -0.3 is 4.74 Å². The number of halogens is 3. The second kappa shape index (κ2) is 8.72. The van der Waals surface area contributed by atoms with Gasteiger partial charge in [0.25, 0.3) is 0 Å². The molecule has 7 heteroatoms. The Bertz CT molecular complexity index is 222. The molecule has 0 atom stereocenters. The Morgan fingerprint density at radius 1 is 1.60 bits per heavy atom. The molecule has 0 aliphatic carbocycles. The minimum Gasteiger partial charge on any atom is -0.483 e. The van der Waals surface area contributed by atoms with E-state index in [9.17, 15) is 18.0 Å². The molecule has 0 aromatic carbocycles. The lowest BCUT2D eigenvalue weighted by atomic mass is 10.4. The lowest BCUT2D eigenvalue weighted by Crippen LogP contribution is -2.15. The topological polar surface area (TPSA) is 26.3 Å². The van der Waals surface area contributed by atoms with E-state index in [0.717, 1.165) is 0 Å². The first kappa shape index (κ1) is 16.9. The molecule has 0 spiro atoms. The molecular weight excluding hydrogens is 249 g/mol. The van der Waals surface area contributed by atoms with Crippen molar-refractivity contribution in [1.29, 1.82) is 0 Å². The summed E-state index contributed by atoms with van der Waals surface area (Å²) in [4.78, 5) is 9.31. The molecule has 0 radical (unpaired) electrons. The van der Waals surface area contributed by atoms with E-state index in [4.69, 9.17) is 0 Å². The zero-order valence-electron chi connectivity index (χ0n) is 8.00. The SMILES string of the molecule is C=CCOC(=S)CC(F)(F)F.CC(=O)S. The van der Waals surface area contributed by atoms with Gasteiger partial charge in [-0.15, -0.1) is 12.6 Å². The van der Waals surface area contributed by atoms with Gasteiger partial charge in [-0.05, 0) is 12.2 Å². The van der Waals surface area contributed by atoms with Gasteiger partial charge in [0.15, 0.2) is 10.2 Å². The maximum Gasteiger partial charge on any atom is 0.396 e. The van der Waals surface area contributed by atoms with E-state index in [1.54, 1.807) is 0 Å². The van der Waals surface area contributed by atoms with Crippen LogP contribution in [-0.4, -0.2) is 22.9 Å². The van der Waals surface area contributed by atoms with Crippen molar-refractivity contribution in [3.63, 3.8) is 0 Å². The number of carbonyl (C=O) groups is 1. The maximum absolute atomic E-state index is 11.5. The Balaban J connectivity index is 0. The molecule has 0 amide bonds. The van der Waals surface area contributed by atoms with Crippen LogP contribution in [0, 0.1) is 0 Å². The van der Waals surface area contributed by atoms with Crippen LogP contribution in [0.1, 0.15) is 13.3 Å². The van der Waals surface area contributed by atoms with Gasteiger partial charge in [0.1, 0.15) is 13.0 Å². The van der Waals surface area contributed by atoms with Gasteiger partial charge in [-0.2, -0.15) is 13.2 Å². The number of carbonyl (C=O) groups excluding carboxylic acids is 1. The summed E-state index contributed by atoms with van der Waals surface area (Å²) in [5, 5.41) is -0.586. The number of rotatable bonds is 3. The molecule has 0 aliphatic rings. The van der Waals surface area contributed by atoms with Crippen LogP contribution < -0.4 is 0 Å². The Labute approximate surface area is 96.9 Å². The standard InChI is InChI=1S/C6H7F3OS.C2H4OS/c1-2-3-10-5(11)4-6(7,8)9;1-2(3)4/h2H,1,3-4H2;1H3,(H,3,4). The Morgan fingerprint density at radius 3 is 2.27 bits per heavy atom. The van der Waals surface area contributed by atoms with Crippen molar-refractivity contribution in [2.45, 2.75) is 19.5 Å².